The van der Waals surface area contributed by atoms with Crippen LogP contribution in [-0.2, 0) is 6.54 Å². The van der Waals surface area contributed by atoms with Crippen LogP contribution in [0.2, 0.25) is 0 Å². The first kappa shape index (κ1) is 13.3. The molecule has 1 aliphatic heterocycles. The van der Waals surface area contributed by atoms with Gasteiger partial charge in [0.25, 0.3) is 0 Å². The number of nitrogens with zero attached hydrogens (tertiary/aromatic N) is 2. The lowest BCUT2D eigenvalue weighted by atomic mass is 9.89. The summed E-state index contributed by atoms with van der Waals surface area (Å²) < 4.78 is 0. The Morgan fingerprint density at radius 2 is 2.17 bits per heavy atom. The standard InChI is InChI=1S/C15H25N3/c1-12(2)14-4-3-8-18(9-7-14)15-6-5-13(10-16)11-17-15/h5-6,11-12,14H,3-4,7-10,16H2,1-2H3. The molecule has 0 saturated carbocycles. The molecule has 1 aromatic rings. The summed E-state index contributed by atoms with van der Waals surface area (Å²) in [5, 5.41) is 0. The van der Waals surface area contributed by atoms with Gasteiger partial charge < -0.3 is 10.6 Å². The van der Waals surface area contributed by atoms with Crippen LogP contribution < -0.4 is 10.6 Å². The lowest BCUT2D eigenvalue weighted by molar-refractivity contribution is 0.351. The molecule has 1 aliphatic rings. The molecular weight excluding hydrogens is 222 g/mol. The fourth-order valence-corrected chi connectivity index (χ4v) is 2.74. The summed E-state index contributed by atoms with van der Waals surface area (Å²) in [5.41, 5.74) is 6.71. The number of hydrogen-bond acceptors (Lipinski definition) is 3. The number of pyridine rings is 1. The Hall–Kier alpha value is -1.09. The molecule has 1 fully saturated rings. The van der Waals surface area contributed by atoms with Crippen LogP contribution in [0, 0.1) is 11.8 Å². The zero-order chi connectivity index (χ0) is 13.0. The third-order valence-corrected chi connectivity index (χ3v) is 4.08. The van der Waals surface area contributed by atoms with Gasteiger partial charge in [0.15, 0.2) is 0 Å². The van der Waals surface area contributed by atoms with E-state index in [-0.39, 0.29) is 0 Å². The van der Waals surface area contributed by atoms with Crippen LogP contribution >= 0.6 is 0 Å². The van der Waals surface area contributed by atoms with Crippen molar-refractivity contribution in [3.8, 4) is 0 Å². The molecule has 0 aromatic carbocycles. The lowest BCUT2D eigenvalue weighted by Crippen LogP contribution is -2.25. The first-order valence-corrected chi connectivity index (χ1v) is 7.10. The fourth-order valence-electron chi connectivity index (χ4n) is 2.74. The van der Waals surface area contributed by atoms with Crippen LogP contribution in [0.3, 0.4) is 0 Å². The van der Waals surface area contributed by atoms with Gasteiger partial charge in [0.2, 0.25) is 0 Å². The molecule has 2 rings (SSSR count). The van der Waals surface area contributed by atoms with E-state index >= 15 is 0 Å². The zero-order valence-electron chi connectivity index (χ0n) is 11.6. The van der Waals surface area contributed by atoms with Gasteiger partial charge in [-0.3, -0.25) is 0 Å². The minimum absolute atomic E-state index is 0.572. The first-order chi connectivity index (χ1) is 8.70. The number of rotatable bonds is 3. The number of hydrogen-bond donors (Lipinski definition) is 1. The van der Waals surface area contributed by atoms with E-state index in [4.69, 9.17) is 5.73 Å². The van der Waals surface area contributed by atoms with Crippen molar-refractivity contribution in [3.63, 3.8) is 0 Å². The van der Waals surface area contributed by atoms with Crippen LogP contribution in [0.4, 0.5) is 5.82 Å². The van der Waals surface area contributed by atoms with E-state index in [0.29, 0.717) is 6.54 Å². The summed E-state index contributed by atoms with van der Waals surface area (Å²) in [7, 11) is 0. The van der Waals surface area contributed by atoms with Gasteiger partial charge in [0.05, 0.1) is 0 Å². The molecular formula is C15H25N3. The van der Waals surface area contributed by atoms with Crippen molar-refractivity contribution in [1.29, 1.82) is 0 Å². The molecule has 100 valence electrons. The van der Waals surface area contributed by atoms with E-state index in [0.717, 1.165) is 36.3 Å². The summed E-state index contributed by atoms with van der Waals surface area (Å²) in [4.78, 5) is 6.95. The van der Waals surface area contributed by atoms with E-state index in [2.05, 4.69) is 35.9 Å². The average Bonchev–Trinajstić information content (AvgIpc) is 2.64. The van der Waals surface area contributed by atoms with Gasteiger partial charge in [0.1, 0.15) is 5.82 Å². The number of anilines is 1. The number of nitrogens with two attached hydrogens (primary N) is 1. The molecule has 1 atom stereocenters. The average molecular weight is 247 g/mol. The van der Waals surface area contributed by atoms with Crippen LogP contribution in [0.5, 0.6) is 0 Å². The normalized spacial score (nSPS) is 21.1. The van der Waals surface area contributed by atoms with Crippen molar-refractivity contribution in [2.75, 3.05) is 18.0 Å². The Bertz CT molecular complexity index is 359. The molecule has 1 aromatic heterocycles. The van der Waals surface area contributed by atoms with E-state index in [1.54, 1.807) is 0 Å². The zero-order valence-corrected chi connectivity index (χ0v) is 11.6. The van der Waals surface area contributed by atoms with Gasteiger partial charge >= 0.3 is 0 Å². The molecule has 3 nitrogen and oxygen atoms in total. The maximum Gasteiger partial charge on any atom is 0.128 e. The van der Waals surface area contributed by atoms with Crippen molar-refractivity contribution < 1.29 is 0 Å². The highest BCUT2D eigenvalue weighted by atomic mass is 15.2. The predicted octanol–water partition coefficient (Wildman–Crippen LogP) is 2.80. The summed E-state index contributed by atoms with van der Waals surface area (Å²) in [5.74, 6) is 2.78. The molecule has 2 heterocycles. The Morgan fingerprint density at radius 1 is 1.33 bits per heavy atom. The van der Waals surface area contributed by atoms with E-state index in [9.17, 15) is 0 Å². The Labute approximate surface area is 110 Å². The smallest absolute Gasteiger partial charge is 0.128 e. The second-order valence-electron chi connectivity index (χ2n) is 5.65. The molecule has 3 heteroatoms. The topological polar surface area (TPSA) is 42.1 Å². The minimum Gasteiger partial charge on any atom is -0.357 e. The van der Waals surface area contributed by atoms with E-state index in [1.165, 1.54) is 19.3 Å². The monoisotopic (exact) mass is 247 g/mol. The number of aromatic nitrogens is 1. The quantitative estimate of drug-likeness (QED) is 0.893. The summed E-state index contributed by atoms with van der Waals surface area (Å²) in [6.45, 7) is 7.53. The third kappa shape index (κ3) is 3.22. The Kier molecular flexibility index (Phi) is 4.59. The summed E-state index contributed by atoms with van der Waals surface area (Å²) in [6.07, 6.45) is 5.83. The Morgan fingerprint density at radius 3 is 2.78 bits per heavy atom. The maximum atomic E-state index is 5.60. The maximum absolute atomic E-state index is 5.60. The van der Waals surface area contributed by atoms with E-state index in [1.807, 2.05) is 6.20 Å². The molecule has 0 amide bonds. The molecule has 1 saturated heterocycles. The fraction of sp³-hybridized carbons (Fsp3) is 0.667. The van der Waals surface area contributed by atoms with Crippen molar-refractivity contribution in [1.82, 2.24) is 4.98 Å². The van der Waals surface area contributed by atoms with Gasteiger partial charge in [-0.15, -0.1) is 0 Å². The predicted molar refractivity (Wildman–Crippen MR) is 76.5 cm³/mol. The van der Waals surface area contributed by atoms with Crippen molar-refractivity contribution in [2.24, 2.45) is 17.6 Å². The van der Waals surface area contributed by atoms with Gasteiger partial charge in [-0.2, -0.15) is 0 Å². The summed E-state index contributed by atoms with van der Waals surface area (Å²) in [6, 6.07) is 4.20. The second kappa shape index (κ2) is 6.19. The van der Waals surface area contributed by atoms with Crippen LogP contribution in [0.25, 0.3) is 0 Å². The highest BCUT2D eigenvalue weighted by Gasteiger charge is 2.19. The lowest BCUT2D eigenvalue weighted by Gasteiger charge is -2.22. The highest BCUT2D eigenvalue weighted by molar-refractivity contribution is 5.39. The molecule has 0 spiro atoms. The SMILES string of the molecule is CC(C)C1CCCN(c2ccc(CN)cn2)CC1. The van der Waals surface area contributed by atoms with Gasteiger partial charge in [-0.1, -0.05) is 19.9 Å². The second-order valence-corrected chi connectivity index (χ2v) is 5.65. The highest BCUT2D eigenvalue weighted by Crippen LogP contribution is 2.26. The van der Waals surface area contributed by atoms with Gasteiger partial charge in [-0.05, 0) is 42.7 Å². The van der Waals surface area contributed by atoms with Crippen molar-refractivity contribution in [3.05, 3.63) is 23.9 Å². The molecule has 0 aliphatic carbocycles. The summed E-state index contributed by atoms with van der Waals surface area (Å²) >= 11 is 0. The van der Waals surface area contributed by atoms with Crippen molar-refractivity contribution in [2.45, 2.75) is 39.7 Å². The molecule has 0 bridgehead atoms. The molecule has 2 N–H and O–H groups in total. The van der Waals surface area contributed by atoms with Crippen LogP contribution in [0.15, 0.2) is 18.3 Å². The first-order valence-electron chi connectivity index (χ1n) is 7.10. The molecule has 18 heavy (non-hydrogen) atoms. The van der Waals surface area contributed by atoms with Crippen LogP contribution in [-0.4, -0.2) is 18.1 Å². The molecule has 1 unspecified atom stereocenters. The van der Waals surface area contributed by atoms with E-state index < -0.39 is 0 Å². The van der Waals surface area contributed by atoms with Crippen LogP contribution in [0.1, 0.15) is 38.7 Å². The largest absolute Gasteiger partial charge is 0.357 e. The van der Waals surface area contributed by atoms with Crippen molar-refractivity contribution >= 4 is 5.82 Å². The Balaban J connectivity index is 2.00. The third-order valence-electron chi connectivity index (χ3n) is 4.08. The van der Waals surface area contributed by atoms with Gasteiger partial charge in [0, 0.05) is 25.8 Å². The minimum atomic E-state index is 0.572. The van der Waals surface area contributed by atoms with Gasteiger partial charge in [-0.25, -0.2) is 4.98 Å². The molecule has 0 radical (unpaired) electrons.